The van der Waals surface area contributed by atoms with Crippen LogP contribution in [0.2, 0.25) is 0 Å². The van der Waals surface area contributed by atoms with Crippen molar-refractivity contribution in [2.24, 2.45) is 0 Å². The van der Waals surface area contributed by atoms with Crippen molar-refractivity contribution in [3.63, 3.8) is 0 Å². The molecule has 0 atom stereocenters. The topological polar surface area (TPSA) is 9.23 Å². The second-order valence-electron chi connectivity index (χ2n) is 4.52. The molecule has 0 bridgehead atoms. The Balaban J connectivity index is 3.88. The van der Waals surface area contributed by atoms with Crippen molar-refractivity contribution < 1.29 is 4.18 Å². The molecule has 0 spiro atoms. The van der Waals surface area contributed by atoms with Crippen LogP contribution in [0.4, 0.5) is 0 Å². The zero-order valence-corrected chi connectivity index (χ0v) is 10.3. The van der Waals surface area contributed by atoms with Gasteiger partial charge in [0.25, 0.3) is 0 Å². The Morgan fingerprint density at radius 2 is 1.67 bits per heavy atom. The van der Waals surface area contributed by atoms with Crippen LogP contribution >= 0.6 is 10.3 Å². The van der Waals surface area contributed by atoms with Crippen molar-refractivity contribution in [1.82, 2.24) is 0 Å². The van der Waals surface area contributed by atoms with Gasteiger partial charge in [0.05, 0.1) is 6.61 Å². The van der Waals surface area contributed by atoms with Gasteiger partial charge >= 0.3 is 0 Å². The van der Waals surface area contributed by atoms with E-state index in [4.69, 9.17) is 4.18 Å². The van der Waals surface area contributed by atoms with Gasteiger partial charge in [-0.05, 0) is 18.9 Å². The summed E-state index contributed by atoms with van der Waals surface area (Å²) in [5.41, 5.74) is 0. The van der Waals surface area contributed by atoms with Crippen molar-refractivity contribution in [2.75, 3.05) is 19.1 Å². The summed E-state index contributed by atoms with van der Waals surface area (Å²) >= 11 is 0. The van der Waals surface area contributed by atoms with Crippen LogP contribution in [-0.4, -0.2) is 23.9 Å². The summed E-state index contributed by atoms with van der Waals surface area (Å²) in [7, 11) is -0.870. The fourth-order valence-corrected chi connectivity index (χ4v) is 1.48. The summed E-state index contributed by atoms with van der Waals surface area (Å²) in [6, 6.07) is 0. The van der Waals surface area contributed by atoms with Gasteiger partial charge < -0.3 is 4.18 Å². The van der Waals surface area contributed by atoms with Crippen LogP contribution < -0.4 is 0 Å². The summed E-state index contributed by atoms with van der Waals surface area (Å²) in [6.07, 6.45) is 6.91. The standard InChI is InChI=1S/C10H24OS/c1-7-8-9-11-12(5,6)10(2,3)4/h7-9H2,1-6H3. The Kier molecular flexibility index (Phi) is 4.64. The van der Waals surface area contributed by atoms with Gasteiger partial charge in [0.2, 0.25) is 0 Å². The van der Waals surface area contributed by atoms with Crippen LogP contribution in [0.1, 0.15) is 40.5 Å². The fourth-order valence-electron chi connectivity index (χ4n) is 0.588. The first-order valence-electron chi connectivity index (χ1n) is 4.68. The third-order valence-corrected chi connectivity index (χ3v) is 6.06. The third kappa shape index (κ3) is 3.81. The normalized spacial score (nSPS) is 14.8. The van der Waals surface area contributed by atoms with E-state index in [-0.39, 0.29) is 0 Å². The van der Waals surface area contributed by atoms with E-state index in [1.807, 2.05) is 0 Å². The number of rotatable bonds is 4. The van der Waals surface area contributed by atoms with E-state index < -0.39 is 10.3 Å². The third-order valence-electron chi connectivity index (χ3n) is 2.35. The summed E-state index contributed by atoms with van der Waals surface area (Å²) < 4.78 is 6.22. The minimum Gasteiger partial charge on any atom is -0.337 e. The zero-order chi connectivity index (χ0) is 9.83. The predicted molar refractivity (Wildman–Crippen MR) is 60.1 cm³/mol. The molecule has 0 aliphatic carbocycles. The summed E-state index contributed by atoms with van der Waals surface area (Å²) in [5, 5.41) is 0. The average Bonchev–Trinajstić information content (AvgIpc) is 1.85. The molecular weight excluding hydrogens is 168 g/mol. The fraction of sp³-hybridized carbons (Fsp3) is 1.00. The highest BCUT2D eigenvalue weighted by Crippen LogP contribution is 2.53. The molecule has 0 unspecified atom stereocenters. The van der Waals surface area contributed by atoms with Crippen molar-refractivity contribution >= 4 is 10.3 Å². The molecule has 0 saturated carbocycles. The van der Waals surface area contributed by atoms with E-state index in [2.05, 4.69) is 40.2 Å². The number of hydrogen-bond acceptors (Lipinski definition) is 1. The molecule has 0 aliphatic rings. The summed E-state index contributed by atoms with van der Waals surface area (Å²) in [4.78, 5) is 0. The second kappa shape index (κ2) is 4.52. The van der Waals surface area contributed by atoms with Crippen molar-refractivity contribution in [1.29, 1.82) is 0 Å². The van der Waals surface area contributed by atoms with Gasteiger partial charge in [-0.3, -0.25) is 0 Å². The Hall–Kier alpha value is 0.310. The minimum atomic E-state index is -0.870. The molecule has 1 nitrogen and oxygen atoms in total. The highest BCUT2D eigenvalue weighted by molar-refractivity contribution is 8.29. The Labute approximate surface area is 79.4 Å². The van der Waals surface area contributed by atoms with Gasteiger partial charge in [0.1, 0.15) is 0 Å². The van der Waals surface area contributed by atoms with Gasteiger partial charge in [-0.15, -0.1) is 10.3 Å². The van der Waals surface area contributed by atoms with E-state index in [9.17, 15) is 0 Å². The largest absolute Gasteiger partial charge is 0.337 e. The van der Waals surface area contributed by atoms with Gasteiger partial charge in [0, 0.05) is 4.75 Å². The number of unbranched alkanes of at least 4 members (excludes halogenated alkanes) is 1. The molecule has 0 radical (unpaired) electrons. The quantitative estimate of drug-likeness (QED) is 0.619. The van der Waals surface area contributed by atoms with E-state index in [1.165, 1.54) is 12.8 Å². The van der Waals surface area contributed by atoms with E-state index in [1.54, 1.807) is 0 Å². The van der Waals surface area contributed by atoms with Crippen molar-refractivity contribution in [2.45, 2.75) is 45.3 Å². The molecule has 0 fully saturated rings. The highest BCUT2D eigenvalue weighted by atomic mass is 32.3. The van der Waals surface area contributed by atoms with E-state index >= 15 is 0 Å². The minimum absolute atomic E-state index is 0.306. The maximum Gasteiger partial charge on any atom is 0.0592 e. The Morgan fingerprint density at radius 3 is 2.00 bits per heavy atom. The van der Waals surface area contributed by atoms with Crippen LogP contribution in [0.5, 0.6) is 0 Å². The van der Waals surface area contributed by atoms with Gasteiger partial charge in [-0.25, -0.2) is 0 Å². The molecular formula is C10H24OS. The lowest BCUT2D eigenvalue weighted by molar-refractivity contribution is 0.340. The molecule has 2 heteroatoms. The molecule has 0 aromatic heterocycles. The molecule has 0 aromatic rings. The molecule has 0 saturated heterocycles. The van der Waals surface area contributed by atoms with Crippen LogP contribution in [0.25, 0.3) is 0 Å². The maximum absolute atomic E-state index is 5.92. The molecule has 0 aliphatic heterocycles. The SMILES string of the molecule is CCCCOS(C)(C)C(C)(C)C. The summed E-state index contributed by atoms with van der Waals surface area (Å²) in [6.45, 7) is 9.90. The first kappa shape index (κ1) is 12.3. The first-order chi connectivity index (χ1) is 5.31. The van der Waals surface area contributed by atoms with E-state index in [0.29, 0.717) is 4.75 Å². The van der Waals surface area contributed by atoms with Crippen LogP contribution in [-0.2, 0) is 4.18 Å². The highest BCUT2D eigenvalue weighted by Gasteiger charge is 2.28. The lowest BCUT2D eigenvalue weighted by atomic mass is 10.3. The number of hydrogen-bond donors (Lipinski definition) is 0. The zero-order valence-electron chi connectivity index (χ0n) is 9.44. The smallest absolute Gasteiger partial charge is 0.0592 e. The molecule has 12 heavy (non-hydrogen) atoms. The van der Waals surface area contributed by atoms with Crippen molar-refractivity contribution in [3.05, 3.63) is 0 Å². The maximum atomic E-state index is 5.92. The van der Waals surface area contributed by atoms with Crippen LogP contribution in [0.15, 0.2) is 0 Å². The van der Waals surface area contributed by atoms with E-state index in [0.717, 1.165) is 6.61 Å². The molecule has 0 aromatic carbocycles. The molecule has 0 rings (SSSR count). The first-order valence-corrected chi connectivity index (χ1v) is 7.06. The molecule has 0 amide bonds. The lowest BCUT2D eigenvalue weighted by Crippen LogP contribution is -2.25. The van der Waals surface area contributed by atoms with Crippen molar-refractivity contribution in [3.8, 4) is 0 Å². The monoisotopic (exact) mass is 192 g/mol. The summed E-state index contributed by atoms with van der Waals surface area (Å²) in [5.74, 6) is 0. The van der Waals surface area contributed by atoms with Gasteiger partial charge in [0.15, 0.2) is 0 Å². The Morgan fingerprint density at radius 1 is 1.17 bits per heavy atom. The molecule has 0 N–H and O–H groups in total. The molecule has 0 heterocycles. The lowest BCUT2D eigenvalue weighted by Gasteiger charge is -2.43. The Bertz CT molecular complexity index is 124. The second-order valence-corrected chi connectivity index (χ2v) is 8.45. The van der Waals surface area contributed by atoms with Gasteiger partial charge in [-0.2, -0.15) is 0 Å². The van der Waals surface area contributed by atoms with Crippen LogP contribution in [0, 0.1) is 0 Å². The molecule has 76 valence electrons. The van der Waals surface area contributed by atoms with Gasteiger partial charge in [-0.1, -0.05) is 34.1 Å². The average molecular weight is 192 g/mol. The van der Waals surface area contributed by atoms with Crippen LogP contribution in [0.3, 0.4) is 0 Å². The predicted octanol–water partition coefficient (Wildman–Crippen LogP) is 3.58.